The van der Waals surface area contributed by atoms with Gasteiger partial charge in [-0.05, 0) is 30.7 Å². The Morgan fingerprint density at radius 1 is 1.15 bits per heavy atom. The zero-order chi connectivity index (χ0) is 19.4. The molecule has 0 N–H and O–H groups in total. The molecule has 0 saturated carbocycles. The third-order valence-corrected chi connectivity index (χ3v) is 3.99. The van der Waals surface area contributed by atoms with Crippen LogP contribution in [0.25, 0.3) is 11.1 Å². The number of aryl methyl sites for hydroxylation is 1. The van der Waals surface area contributed by atoms with Gasteiger partial charge in [0, 0.05) is 24.4 Å². The Labute approximate surface area is 156 Å². The fraction of sp³-hybridized carbons (Fsp3) is 0.143. The molecule has 0 bridgehead atoms. The first-order valence-electron chi connectivity index (χ1n) is 8.24. The van der Waals surface area contributed by atoms with Gasteiger partial charge >= 0.3 is 6.55 Å². The Kier molecular flexibility index (Phi) is 5.32. The van der Waals surface area contributed by atoms with Gasteiger partial charge in [0.2, 0.25) is 0 Å². The molecule has 0 unspecified atom stereocenters. The lowest BCUT2D eigenvalue weighted by Crippen LogP contribution is -2.35. The number of halogens is 2. The van der Waals surface area contributed by atoms with Crippen molar-refractivity contribution in [3.05, 3.63) is 72.1 Å². The summed E-state index contributed by atoms with van der Waals surface area (Å²) in [6, 6.07) is 13.8. The molecule has 0 aliphatic rings. The van der Waals surface area contributed by atoms with Crippen molar-refractivity contribution < 1.29 is 13.6 Å². The summed E-state index contributed by atoms with van der Waals surface area (Å²) < 4.78 is 29.1. The molecule has 0 saturated heterocycles. The zero-order valence-electron chi connectivity index (χ0n) is 14.9. The minimum absolute atomic E-state index is 0.0983. The van der Waals surface area contributed by atoms with Crippen LogP contribution >= 0.6 is 0 Å². The molecule has 0 atom stereocenters. The fourth-order valence-corrected chi connectivity index (χ4v) is 2.78. The first-order chi connectivity index (χ1) is 13.0. The van der Waals surface area contributed by atoms with Crippen molar-refractivity contribution in [3.63, 3.8) is 0 Å². The van der Waals surface area contributed by atoms with E-state index in [1.807, 2.05) is 12.1 Å². The SMILES string of the molecule is CC#Cc1ccc(-c2ccccc2N(C(=O)c2cnn(C)c2)C(F)F)cc1. The van der Waals surface area contributed by atoms with Crippen molar-refractivity contribution in [1.29, 1.82) is 0 Å². The minimum atomic E-state index is -3.00. The maximum atomic E-state index is 13.8. The molecule has 0 radical (unpaired) electrons. The van der Waals surface area contributed by atoms with Crippen LogP contribution in [0.3, 0.4) is 0 Å². The number of hydrogen-bond acceptors (Lipinski definition) is 2. The lowest BCUT2D eigenvalue weighted by molar-refractivity contribution is 0.0839. The summed E-state index contributed by atoms with van der Waals surface area (Å²) in [6.45, 7) is -1.25. The van der Waals surface area contributed by atoms with Gasteiger partial charge in [0.05, 0.1) is 17.4 Å². The summed E-state index contributed by atoms with van der Waals surface area (Å²) in [7, 11) is 1.62. The van der Waals surface area contributed by atoms with E-state index in [0.29, 0.717) is 10.5 Å². The molecule has 3 rings (SSSR count). The first-order valence-corrected chi connectivity index (χ1v) is 8.24. The zero-order valence-corrected chi connectivity index (χ0v) is 14.9. The second kappa shape index (κ2) is 7.83. The Hall–Kier alpha value is -3.46. The standard InChI is InChI=1S/C21H17F2N3O/c1-3-6-15-9-11-16(12-10-15)18-7-4-5-8-19(18)26(21(22)23)20(27)17-13-24-25(2)14-17/h4-5,7-14,21H,1-2H3. The van der Waals surface area contributed by atoms with Crippen LogP contribution < -0.4 is 4.90 Å². The molecule has 3 aromatic rings. The third-order valence-electron chi connectivity index (χ3n) is 3.99. The normalized spacial score (nSPS) is 10.4. The quantitative estimate of drug-likeness (QED) is 0.510. The predicted octanol–water partition coefficient (Wildman–Crippen LogP) is 4.33. The van der Waals surface area contributed by atoms with Crippen LogP contribution in [0.2, 0.25) is 0 Å². The van der Waals surface area contributed by atoms with E-state index in [2.05, 4.69) is 16.9 Å². The van der Waals surface area contributed by atoms with E-state index in [0.717, 1.165) is 11.1 Å². The molecule has 2 aromatic carbocycles. The van der Waals surface area contributed by atoms with Crippen molar-refractivity contribution in [2.75, 3.05) is 4.90 Å². The highest BCUT2D eigenvalue weighted by atomic mass is 19.3. The van der Waals surface area contributed by atoms with Crippen LogP contribution in [0.4, 0.5) is 14.5 Å². The van der Waals surface area contributed by atoms with Gasteiger partial charge in [-0.15, -0.1) is 5.92 Å². The Bertz CT molecular complexity index is 1010. The molecule has 27 heavy (non-hydrogen) atoms. The highest BCUT2D eigenvalue weighted by Gasteiger charge is 2.28. The van der Waals surface area contributed by atoms with E-state index in [-0.39, 0.29) is 11.3 Å². The molecule has 0 fully saturated rings. The van der Waals surface area contributed by atoms with Gasteiger partial charge in [0.1, 0.15) is 0 Å². The maximum absolute atomic E-state index is 13.8. The Balaban J connectivity index is 2.06. The predicted molar refractivity (Wildman–Crippen MR) is 100 cm³/mol. The largest absolute Gasteiger partial charge is 0.321 e. The number of amides is 1. The molecular weight excluding hydrogens is 348 g/mol. The summed E-state index contributed by atoms with van der Waals surface area (Å²) >= 11 is 0. The monoisotopic (exact) mass is 365 g/mol. The smallest absolute Gasteiger partial charge is 0.275 e. The summed E-state index contributed by atoms with van der Waals surface area (Å²) in [5, 5.41) is 3.89. The molecule has 0 spiro atoms. The van der Waals surface area contributed by atoms with E-state index >= 15 is 0 Å². The van der Waals surface area contributed by atoms with E-state index in [4.69, 9.17) is 0 Å². The van der Waals surface area contributed by atoms with Crippen LogP contribution in [-0.4, -0.2) is 22.2 Å². The number of rotatable bonds is 4. The van der Waals surface area contributed by atoms with E-state index in [1.165, 1.54) is 23.1 Å². The van der Waals surface area contributed by atoms with E-state index in [9.17, 15) is 13.6 Å². The summed E-state index contributed by atoms with van der Waals surface area (Å²) in [5.74, 6) is 4.95. The van der Waals surface area contributed by atoms with Crippen LogP contribution in [-0.2, 0) is 7.05 Å². The van der Waals surface area contributed by atoms with Crippen molar-refractivity contribution in [2.45, 2.75) is 13.5 Å². The topological polar surface area (TPSA) is 38.1 Å². The van der Waals surface area contributed by atoms with E-state index in [1.54, 1.807) is 44.3 Å². The Morgan fingerprint density at radius 2 is 1.85 bits per heavy atom. The number of carbonyl (C=O) groups is 1. The van der Waals surface area contributed by atoms with Crippen LogP contribution in [0, 0.1) is 11.8 Å². The van der Waals surface area contributed by atoms with Crippen molar-refractivity contribution in [3.8, 4) is 23.0 Å². The average Bonchev–Trinajstić information content (AvgIpc) is 3.09. The van der Waals surface area contributed by atoms with Crippen molar-refractivity contribution in [2.24, 2.45) is 7.05 Å². The van der Waals surface area contributed by atoms with E-state index < -0.39 is 12.5 Å². The number of benzene rings is 2. The van der Waals surface area contributed by atoms with Crippen molar-refractivity contribution >= 4 is 11.6 Å². The van der Waals surface area contributed by atoms with Gasteiger partial charge in [0.25, 0.3) is 5.91 Å². The van der Waals surface area contributed by atoms with Crippen molar-refractivity contribution in [1.82, 2.24) is 9.78 Å². The molecule has 136 valence electrons. The van der Waals surface area contributed by atoms with Crippen LogP contribution in [0.5, 0.6) is 0 Å². The fourth-order valence-electron chi connectivity index (χ4n) is 2.78. The van der Waals surface area contributed by atoms with Gasteiger partial charge in [0.15, 0.2) is 0 Å². The van der Waals surface area contributed by atoms with Crippen LogP contribution in [0.15, 0.2) is 60.9 Å². The number of carbonyl (C=O) groups excluding carboxylic acids is 1. The highest BCUT2D eigenvalue weighted by Crippen LogP contribution is 2.33. The van der Waals surface area contributed by atoms with Crippen LogP contribution in [0.1, 0.15) is 22.8 Å². The van der Waals surface area contributed by atoms with Gasteiger partial charge in [-0.2, -0.15) is 13.9 Å². The van der Waals surface area contributed by atoms with Gasteiger partial charge in [-0.3, -0.25) is 9.48 Å². The highest BCUT2D eigenvalue weighted by molar-refractivity contribution is 6.08. The van der Waals surface area contributed by atoms with Gasteiger partial charge < -0.3 is 0 Å². The molecule has 6 heteroatoms. The number of alkyl halides is 2. The average molecular weight is 365 g/mol. The lowest BCUT2D eigenvalue weighted by atomic mass is 10.0. The summed E-state index contributed by atoms with van der Waals surface area (Å²) in [5.41, 5.74) is 2.32. The third kappa shape index (κ3) is 3.87. The minimum Gasteiger partial charge on any atom is -0.275 e. The molecule has 1 heterocycles. The number of nitrogens with zero attached hydrogens (tertiary/aromatic N) is 3. The summed E-state index contributed by atoms with van der Waals surface area (Å²) in [6.07, 6.45) is 2.69. The Morgan fingerprint density at radius 3 is 2.44 bits per heavy atom. The molecule has 1 aromatic heterocycles. The first kappa shape index (κ1) is 18.3. The number of para-hydroxylation sites is 1. The number of hydrogen-bond donors (Lipinski definition) is 0. The summed E-state index contributed by atoms with van der Waals surface area (Å²) in [4.78, 5) is 13.2. The second-order valence-electron chi connectivity index (χ2n) is 5.82. The van der Waals surface area contributed by atoms with Gasteiger partial charge in [-0.1, -0.05) is 36.3 Å². The molecule has 1 amide bonds. The maximum Gasteiger partial charge on any atom is 0.321 e. The molecule has 0 aliphatic heterocycles. The second-order valence-corrected chi connectivity index (χ2v) is 5.82. The molecule has 4 nitrogen and oxygen atoms in total. The lowest BCUT2D eigenvalue weighted by Gasteiger charge is -2.24. The molecule has 0 aliphatic carbocycles. The number of anilines is 1. The molecular formula is C21H17F2N3O. The number of aromatic nitrogens is 2. The van der Waals surface area contributed by atoms with Gasteiger partial charge in [-0.25, -0.2) is 4.90 Å².